The third-order valence-corrected chi connectivity index (χ3v) is 6.09. The van der Waals surface area contributed by atoms with Gasteiger partial charge < -0.3 is 33.9 Å². The molecule has 0 bridgehead atoms. The summed E-state index contributed by atoms with van der Waals surface area (Å²) in [4.78, 5) is 0. The molecule has 162 valence electrons. The molecule has 1 aromatic rings. The first-order valence-electron chi connectivity index (χ1n) is 10.3. The first kappa shape index (κ1) is 21.2. The van der Waals surface area contributed by atoms with Crippen LogP contribution in [0.4, 0.5) is 0 Å². The molecule has 4 atom stereocenters. The molecule has 3 heterocycles. The predicted molar refractivity (Wildman–Crippen MR) is 104 cm³/mol. The fraction of sp³-hybridized carbons (Fsp3) is 0.727. The average Bonchev–Trinajstić information content (AvgIpc) is 3.15. The van der Waals surface area contributed by atoms with Crippen molar-refractivity contribution >= 4 is 0 Å². The number of benzene rings is 1. The normalized spacial score (nSPS) is 37.7. The SMILES string of the molecule is CC1(C)O[C@@H]2[C@@H](COC3(COC(C)(C)O3)C2(O)CCc2ccccc2CCO)O1. The van der Waals surface area contributed by atoms with Crippen LogP contribution in [0, 0.1) is 0 Å². The Balaban J connectivity index is 1.65. The van der Waals surface area contributed by atoms with E-state index in [4.69, 9.17) is 23.7 Å². The van der Waals surface area contributed by atoms with E-state index in [1.807, 2.05) is 52.0 Å². The van der Waals surface area contributed by atoms with Crippen molar-refractivity contribution in [3.8, 4) is 0 Å². The third-order valence-electron chi connectivity index (χ3n) is 6.09. The van der Waals surface area contributed by atoms with Crippen LogP contribution in [-0.2, 0) is 36.5 Å². The van der Waals surface area contributed by atoms with Crippen LogP contribution < -0.4 is 0 Å². The van der Waals surface area contributed by atoms with Crippen LogP contribution in [0.1, 0.15) is 45.2 Å². The Morgan fingerprint density at radius 3 is 2.28 bits per heavy atom. The fourth-order valence-electron chi connectivity index (χ4n) is 4.75. The molecule has 3 saturated heterocycles. The van der Waals surface area contributed by atoms with Crippen LogP contribution in [0.25, 0.3) is 0 Å². The minimum absolute atomic E-state index is 0.0787. The molecule has 29 heavy (non-hydrogen) atoms. The highest BCUT2D eigenvalue weighted by Gasteiger charge is 2.70. The minimum Gasteiger partial charge on any atom is -0.396 e. The minimum atomic E-state index is -1.47. The second kappa shape index (κ2) is 7.27. The largest absolute Gasteiger partial charge is 0.396 e. The van der Waals surface area contributed by atoms with Crippen LogP contribution >= 0.6 is 0 Å². The molecule has 7 nitrogen and oxygen atoms in total. The van der Waals surface area contributed by atoms with Gasteiger partial charge in [-0.25, -0.2) is 0 Å². The van der Waals surface area contributed by atoms with Crippen LogP contribution in [0.2, 0.25) is 0 Å². The van der Waals surface area contributed by atoms with Gasteiger partial charge in [0, 0.05) is 6.61 Å². The fourth-order valence-corrected chi connectivity index (χ4v) is 4.75. The lowest BCUT2D eigenvalue weighted by molar-refractivity contribution is -0.367. The van der Waals surface area contributed by atoms with Crippen LogP contribution in [0.15, 0.2) is 24.3 Å². The number of fused-ring (bicyclic) bond motifs is 1. The Morgan fingerprint density at radius 1 is 0.966 bits per heavy atom. The van der Waals surface area contributed by atoms with Crippen molar-refractivity contribution in [3.05, 3.63) is 35.4 Å². The highest BCUT2D eigenvalue weighted by molar-refractivity contribution is 5.28. The molecule has 1 aromatic carbocycles. The number of aryl methyl sites for hydroxylation is 1. The summed E-state index contributed by atoms with van der Waals surface area (Å²) in [5.41, 5.74) is 0.668. The lowest BCUT2D eigenvalue weighted by Crippen LogP contribution is -2.71. The maximum absolute atomic E-state index is 12.1. The quantitative estimate of drug-likeness (QED) is 0.770. The van der Waals surface area contributed by atoms with Crippen molar-refractivity contribution in [2.24, 2.45) is 0 Å². The monoisotopic (exact) mass is 408 g/mol. The van der Waals surface area contributed by atoms with Crippen LogP contribution in [0.3, 0.4) is 0 Å². The number of hydrogen-bond donors (Lipinski definition) is 2. The average molecular weight is 408 g/mol. The summed E-state index contributed by atoms with van der Waals surface area (Å²) < 4.78 is 30.2. The van der Waals surface area contributed by atoms with Gasteiger partial charge in [-0.05, 0) is 58.1 Å². The summed E-state index contributed by atoms with van der Waals surface area (Å²) in [6.45, 7) is 7.75. The number of aliphatic hydroxyl groups excluding tert-OH is 1. The zero-order valence-corrected chi connectivity index (χ0v) is 17.6. The molecule has 3 fully saturated rings. The van der Waals surface area contributed by atoms with Gasteiger partial charge in [-0.15, -0.1) is 0 Å². The molecule has 0 aromatic heterocycles. The van der Waals surface area contributed by atoms with E-state index in [1.165, 1.54) is 0 Å². The Kier molecular flexibility index (Phi) is 5.31. The van der Waals surface area contributed by atoms with E-state index in [0.29, 0.717) is 19.3 Å². The molecule has 2 unspecified atom stereocenters. The van der Waals surface area contributed by atoms with Gasteiger partial charge >= 0.3 is 0 Å². The molecule has 7 heteroatoms. The van der Waals surface area contributed by atoms with Crippen LogP contribution in [0.5, 0.6) is 0 Å². The van der Waals surface area contributed by atoms with Gasteiger partial charge in [-0.3, -0.25) is 0 Å². The summed E-state index contributed by atoms with van der Waals surface area (Å²) in [5, 5.41) is 21.4. The molecule has 0 radical (unpaired) electrons. The van der Waals surface area contributed by atoms with Crippen molar-refractivity contribution in [2.75, 3.05) is 19.8 Å². The first-order valence-corrected chi connectivity index (χ1v) is 10.3. The van der Waals surface area contributed by atoms with Gasteiger partial charge in [0.05, 0.1) is 6.61 Å². The van der Waals surface area contributed by atoms with Crippen molar-refractivity contribution in [1.82, 2.24) is 0 Å². The van der Waals surface area contributed by atoms with E-state index in [9.17, 15) is 10.2 Å². The van der Waals surface area contributed by atoms with E-state index < -0.39 is 29.1 Å². The van der Waals surface area contributed by atoms with E-state index in [0.717, 1.165) is 11.1 Å². The third kappa shape index (κ3) is 3.74. The summed E-state index contributed by atoms with van der Waals surface area (Å²) in [6.07, 6.45) is 0.500. The van der Waals surface area contributed by atoms with Gasteiger partial charge in [-0.2, -0.15) is 0 Å². The number of ether oxygens (including phenoxy) is 5. The van der Waals surface area contributed by atoms with E-state index in [2.05, 4.69) is 0 Å². The number of aliphatic hydroxyl groups is 2. The Labute approximate surface area is 171 Å². The smallest absolute Gasteiger partial charge is 0.227 e. The Bertz CT molecular complexity index is 746. The number of rotatable bonds is 5. The van der Waals surface area contributed by atoms with E-state index >= 15 is 0 Å². The maximum atomic E-state index is 12.1. The van der Waals surface area contributed by atoms with E-state index in [1.54, 1.807) is 0 Å². The second-order valence-electron chi connectivity index (χ2n) is 9.12. The van der Waals surface area contributed by atoms with Crippen molar-refractivity contribution < 1.29 is 33.9 Å². The lowest BCUT2D eigenvalue weighted by Gasteiger charge is -2.50. The van der Waals surface area contributed by atoms with Gasteiger partial charge in [0.15, 0.2) is 11.6 Å². The Morgan fingerprint density at radius 2 is 1.66 bits per heavy atom. The highest BCUT2D eigenvalue weighted by Crippen LogP contribution is 2.51. The summed E-state index contributed by atoms with van der Waals surface area (Å²) in [6, 6.07) is 7.94. The van der Waals surface area contributed by atoms with Gasteiger partial charge in [0.1, 0.15) is 24.4 Å². The van der Waals surface area contributed by atoms with Gasteiger partial charge in [0.2, 0.25) is 5.79 Å². The molecule has 0 saturated carbocycles. The lowest BCUT2D eigenvalue weighted by atomic mass is 9.77. The van der Waals surface area contributed by atoms with Crippen LogP contribution in [-0.4, -0.2) is 65.2 Å². The molecule has 2 N–H and O–H groups in total. The van der Waals surface area contributed by atoms with Crippen molar-refractivity contribution in [3.63, 3.8) is 0 Å². The topological polar surface area (TPSA) is 86.6 Å². The molecular weight excluding hydrogens is 376 g/mol. The van der Waals surface area contributed by atoms with E-state index in [-0.39, 0.29) is 25.9 Å². The molecule has 0 amide bonds. The van der Waals surface area contributed by atoms with Crippen molar-refractivity contribution in [2.45, 2.75) is 82.1 Å². The Hall–Kier alpha value is -1.06. The first-order chi connectivity index (χ1) is 13.6. The predicted octanol–water partition coefficient (Wildman–Crippen LogP) is 1.91. The summed E-state index contributed by atoms with van der Waals surface area (Å²) >= 11 is 0. The molecule has 0 aliphatic carbocycles. The van der Waals surface area contributed by atoms with Crippen molar-refractivity contribution in [1.29, 1.82) is 0 Å². The number of hydrogen-bond acceptors (Lipinski definition) is 7. The summed E-state index contributed by atoms with van der Waals surface area (Å²) in [7, 11) is 0. The molecule has 4 rings (SSSR count). The molecule has 3 aliphatic heterocycles. The second-order valence-corrected chi connectivity index (χ2v) is 9.12. The summed E-state index contributed by atoms with van der Waals surface area (Å²) in [5.74, 6) is -3.01. The molecular formula is C22H32O7. The highest BCUT2D eigenvalue weighted by atomic mass is 16.9. The maximum Gasteiger partial charge on any atom is 0.227 e. The zero-order valence-electron chi connectivity index (χ0n) is 17.6. The molecule has 3 aliphatic rings. The van der Waals surface area contributed by atoms with Gasteiger partial charge in [0.25, 0.3) is 0 Å². The molecule has 1 spiro atoms. The standard InChI is InChI=1S/C22H32O7/c1-19(2)26-14-22(29-19)21(24,18-17(13-25-22)27-20(3,4)28-18)11-9-15-7-5-6-8-16(15)10-12-23/h5-8,17-18,23-24H,9-14H2,1-4H3/t17-,18-,21?,22?/m1/s1. The van der Waals surface area contributed by atoms with Gasteiger partial charge in [-0.1, -0.05) is 24.3 Å². The zero-order chi connectivity index (χ0) is 20.9.